The van der Waals surface area contributed by atoms with Gasteiger partial charge in [-0.3, -0.25) is 0 Å². The molecule has 1 heterocycles. The number of rotatable bonds is 9. The summed E-state index contributed by atoms with van der Waals surface area (Å²) in [5, 5.41) is 2.47. The molecule has 0 bridgehead atoms. The van der Waals surface area contributed by atoms with E-state index in [1.165, 1.54) is 66.3 Å². The highest BCUT2D eigenvalue weighted by Gasteiger charge is 2.46. The topological polar surface area (TPSA) is 8.17 Å². The van der Waals surface area contributed by atoms with Crippen LogP contribution in [0.1, 0.15) is 29.2 Å². The molecule has 0 amide bonds. The first-order chi connectivity index (χ1) is 28.7. The molecule has 276 valence electrons. The SMILES string of the molecule is C=C/C=C\C(=C/C)n1c2ccccc2c2cc(-c3ccc(N(c4ccccc4)c4ccc5c(c4)C(c4ccccc4)(c4ccccc4)c4ccccc4-5)cc3)ccc21. The van der Waals surface area contributed by atoms with E-state index in [2.05, 4.69) is 235 Å². The van der Waals surface area contributed by atoms with Crippen LogP contribution in [0.3, 0.4) is 0 Å². The lowest BCUT2D eigenvalue weighted by Gasteiger charge is -2.35. The van der Waals surface area contributed by atoms with Crippen molar-refractivity contribution >= 4 is 44.6 Å². The van der Waals surface area contributed by atoms with E-state index in [-0.39, 0.29) is 0 Å². The van der Waals surface area contributed by atoms with Gasteiger partial charge in [-0.1, -0.05) is 170 Å². The van der Waals surface area contributed by atoms with Crippen molar-refractivity contribution < 1.29 is 0 Å². The van der Waals surface area contributed by atoms with Gasteiger partial charge in [0.2, 0.25) is 0 Å². The van der Waals surface area contributed by atoms with E-state index in [1.54, 1.807) is 0 Å². The van der Waals surface area contributed by atoms with Crippen LogP contribution in [0, 0.1) is 0 Å². The molecule has 1 aromatic heterocycles. The molecule has 8 aromatic carbocycles. The van der Waals surface area contributed by atoms with Crippen LogP contribution in [-0.2, 0) is 5.41 Å². The highest BCUT2D eigenvalue weighted by Crippen LogP contribution is 2.57. The molecular weight excluding hydrogens is 701 g/mol. The summed E-state index contributed by atoms with van der Waals surface area (Å²) in [7, 11) is 0. The molecule has 0 radical (unpaired) electrons. The minimum atomic E-state index is -0.478. The summed E-state index contributed by atoms with van der Waals surface area (Å²) in [6, 6.07) is 73.3. The van der Waals surface area contributed by atoms with Crippen LogP contribution in [0.4, 0.5) is 17.1 Å². The summed E-state index contributed by atoms with van der Waals surface area (Å²) in [6.45, 7) is 5.98. The van der Waals surface area contributed by atoms with Gasteiger partial charge in [0, 0.05) is 33.5 Å². The molecule has 1 aliphatic rings. The number of nitrogens with zero attached hydrogens (tertiary/aromatic N) is 2. The second-order valence-electron chi connectivity index (χ2n) is 14.9. The van der Waals surface area contributed by atoms with Crippen LogP contribution in [0.15, 0.2) is 231 Å². The van der Waals surface area contributed by atoms with Crippen molar-refractivity contribution in [1.82, 2.24) is 4.57 Å². The Labute approximate surface area is 340 Å². The molecule has 0 unspecified atom stereocenters. The fourth-order valence-corrected chi connectivity index (χ4v) is 9.30. The first-order valence-electron chi connectivity index (χ1n) is 20.0. The summed E-state index contributed by atoms with van der Waals surface area (Å²) in [6.07, 6.45) is 8.09. The molecule has 1 aliphatic carbocycles. The zero-order valence-corrected chi connectivity index (χ0v) is 32.5. The highest BCUT2D eigenvalue weighted by molar-refractivity contribution is 6.11. The summed E-state index contributed by atoms with van der Waals surface area (Å²) in [5.74, 6) is 0. The van der Waals surface area contributed by atoms with Crippen molar-refractivity contribution in [3.8, 4) is 22.3 Å². The quantitative estimate of drug-likeness (QED) is 0.134. The lowest BCUT2D eigenvalue weighted by atomic mass is 9.67. The first-order valence-corrected chi connectivity index (χ1v) is 20.0. The zero-order valence-electron chi connectivity index (χ0n) is 32.5. The van der Waals surface area contributed by atoms with Crippen molar-refractivity contribution in [2.24, 2.45) is 0 Å². The fraction of sp³-hybridized carbons (Fsp3) is 0.0357. The summed E-state index contributed by atoms with van der Waals surface area (Å²) >= 11 is 0. The molecular formula is C56H42N2. The number of anilines is 3. The number of para-hydroxylation sites is 2. The highest BCUT2D eigenvalue weighted by atomic mass is 15.1. The minimum absolute atomic E-state index is 0.478. The third kappa shape index (κ3) is 5.56. The molecule has 2 heteroatoms. The van der Waals surface area contributed by atoms with Gasteiger partial charge in [-0.25, -0.2) is 0 Å². The van der Waals surface area contributed by atoms with Crippen LogP contribution in [-0.4, -0.2) is 4.57 Å². The van der Waals surface area contributed by atoms with Crippen LogP contribution in [0.25, 0.3) is 49.8 Å². The molecule has 0 saturated carbocycles. The van der Waals surface area contributed by atoms with E-state index in [4.69, 9.17) is 0 Å². The van der Waals surface area contributed by atoms with E-state index >= 15 is 0 Å². The maximum atomic E-state index is 3.89. The van der Waals surface area contributed by atoms with E-state index in [0.717, 1.165) is 22.8 Å². The number of hydrogen-bond donors (Lipinski definition) is 0. The number of aromatic nitrogens is 1. The number of fused-ring (bicyclic) bond motifs is 6. The summed E-state index contributed by atoms with van der Waals surface area (Å²) < 4.78 is 2.34. The lowest BCUT2D eigenvalue weighted by molar-refractivity contribution is 0.768. The lowest BCUT2D eigenvalue weighted by Crippen LogP contribution is -2.28. The molecule has 58 heavy (non-hydrogen) atoms. The average molecular weight is 743 g/mol. The molecule has 0 atom stereocenters. The van der Waals surface area contributed by atoms with E-state index in [0.29, 0.717) is 0 Å². The van der Waals surface area contributed by atoms with Gasteiger partial charge in [-0.2, -0.15) is 0 Å². The average Bonchev–Trinajstić information content (AvgIpc) is 3.78. The van der Waals surface area contributed by atoms with Gasteiger partial charge < -0.3 is 9.47 Å². The summed E-state index contributed by atoms with van der Waals surface area (Å²) in [5.41, 5.74) is 16.3. The van der Waals surface area contributed by atoms with Crippen LogP contribution in [0.2, 0.25) is 0 Å². The Balaban J connectivity index is 1.11. The molecule has 2 nitrogen and oxygen atoms in total. The second kappa shape index (κ2) is 14.6. The third-order valence-corrected chi connectivity index (χ3v) is 11.8. The first kappa shape index (κ1) is 35.0. The van der Waals surface area contributed by atoms with Crippen molar-refractivity contribution in [2.75, 3.05) is 4.90 Å². The van der Waals surface area contributed by atoms with Gasteiger partial charge in [0.25, 0.3) is 0 Å². The fourth-order valence-electron chi connectivity index (χ4n) is 9.30. The smallest absolute Gasteiger partial charge is 0.0714 e. The third-order valence-electron chi connectivity index (χ3n) is 11.8. The zero-order chi connectivity index (χ0) is 39.1. The van der Waals surface area contributed by atoms with E-state index < -0.39 is 5.41 Å². The summed E-state index contributed by atoms with van der Waals surface area (Å²) in [4.78, 5) is 2.39. The standard InChI is InChI=1S/C56H42N2/c1-3-5-23-44(4-2)58-54-29-18-16-27-50(54)51-38-41(32-37-55(51)58)40-30-33-46(34-31-40)57(45-24-13-8-14-25-45)47-35-36-49-48-26-15-17-28-52(48)56(53(49)39-47,42-19-9-6-10-20-42)43-21-11-7-12-22-43/h3-39H,1H2,2H3/b23-5-,44-4+. The predicted octanol–water partition coefficient (Wildman–Crippen LogP) is 14.9. The van der Waals surface area contributed by atoms with Gasteiger partial charge >= 0.3 is 0 Å². The molecule has 0 N–H and O–H groups in total. The van der Waals surface area contributed by atoms with Crippen LogP contribution in [0.5, 0.6) is 0 Å². The molecule has 0 aliphatic heterocycles. The number of hydrogen-bond acceptors (Lipinski definition) is 1. The number of benzene rings is 8. The Bertz CT molecular complexity index is 2970. The Morgan fingerprint density at radius 1 is 0.500 bits per heavy atom. The van der Waals surface area contributed by atoms with Crippen LogP contribution >= 0.6 is 0 Å². The van der Waals surface area contributed by atoms with Crippen molar-refractivity contribution in [3.05, 3.63) is 253 Å². The van der Waals surface area contributed by atoms with Crippen molar-refractivity contribution in [1.29, 1.82) is 0 Å². The van der Waals surface area contributed by atoms with Gasteiger partial charge in [0.1, 0.15) is 0 Å². The van der Waals surface area contributed by atoms with Crippen LogP contribution < -0.4 is 4.90 Å². The maximum absolute atomic E-state index is 3.89. The number of allylic oxidation sites excluding steroid dienone is 5. The normalized spacial score (nSPS) is 13.2. The van der Waals surface area contributed by atoms with Gasteiger partial charge in [0.05, 0.1) is 16.4 Å². The molecule has 0 spiro atoms. The van der Waals surface area contributed by atoms with Gasteiger partial charge in [0.15, 0.2) is 0 Å². The Kier molecular flexibility index (Phi) is 8.81. The van der Waals surface area contributed by atoms with Crippen molar-refractivity contribution in [2.45, 2.75) is 12.3 Å². The molecule has 10 rings (SSSR count). The van der Waals surface area contributed by atoms with Gasteiger partial charge in [-0.05, 0) is 112 Å². The molecule has 0 fully saturated rings. The Morgan fingerprint density at radius 2 is 1.07 bits per heavy atom. The monoisotopic (exact) mass is 742 g/mol. The minimum Gasteiger partial charge on any atom is -0.310 e. The van der Waals surface area contributed by atoms with Gasteiger partial charge in [-0.15, -0.1) is 0 Å². The molecule has 9 aromatic rings. The largest absolute Gasteiger partial charge is 0.310 e. The predicted molar refractivity (Wildman–Crippen MR) is 246 cm³/mol. The maximum Gasteiger partial charge on any atom is 0.0714 e. The van der Waals surface area contributed by atoms with Crippen molar-refractivity contribution in [3.63, 3.8) is 0 Å². The van der Waals surface area contributed by atoms with E-state index in [1.807, 2.05) is 12.2 Å². The Hall–Kier alpha value is -7.42. The second-order valence-corrected chi connectivity index (χ2v) is 14.9. The Morgan fingerprint density at radius 3 is 1.78 bits per heavy atom. The van der Waals surface area contributed by atoms with E-state index in [9.17, 15) is 0 Å². The molecule has 0 saturated heterocycles.